The van der Waals surface area contributed by atoms with Gasteiger partial charge >= 0.3 is 0 Å². The molecule has 1 saturated carbocycles. The third-order valence-electron chi connectivity index (χ3n) is 7.66. The summed E-state index contributed by atoms with van der Waals surface area (Å²) in [6.45, 7) is 7.24. The maximum atomic E-state index is 6.34. The van der Waals surface area contributed by atoms with Gasteiger partial charge in [0.25, 0.3) is 0 Å². The summed E-state index contributed by atoms with van der Waals surface area (Å²) in [6.07, 6.45) is 6.44. The Morgan fingerprint density at radius 3 is 2.60 bits per heavy atom. The van der Waals surface area contributed by atoms with Gasteiger partial charge in [-0.2, -0.15) is 0 Å². The van der Waals surface area contributed by atoms with Crippen LogP contribution in [0.5, 0.6) is 0 Å². The Morgan fingerprint density at radius 2 is 1.80 bits per heavy atom. The van der Waals surface area contributed by atoms with Crippen LogP contribution in [0, 0.1) is 12.8 Å². The van der Waals surface area contributed by atoms with Crippen LogP contribution in [-0.2, 0) is 30.8 Å². The number of methoxy groups -OCH3 is 1. The van der Waals surface area contributed by atoms with Crippen LogP contribution in [0.4, 0.5) is 0 Å². The van der Waals surface area contributed by atoms with Crippen molar-refractivity contribution in [2.24, 2.45) is 5.92 Å². The normalized spacial score (nSPS) is 30.7. The third-order valence-corrected chi connectivity index (χ3v) is 7.66. The molecule has 0 N–H and O–H groups in total. The number of nitrogens with zero attached hydrogens (tertiary/aromatic N) is 1. The quantitative estimate of drug-likeness (QED) is 0.546. The Balaban J connectivity index is 1.32. The summed E-state index contributed by atoms with van der Waals surface area (Å²) in [4.78, 5) is 2.62. The number of benzene rings is 1. The minimum Gasteiger partial charge on any atom is -0.382 e. The van der Waals surface area contributed by atoms with Gasteiger partial charge in [-0.1, -0.05) is 23.8 Å². The molecular formula is C25H39NO4. The summed E-state index contributed by atoms with van der Waals surface area (Å²) in [7, 11) is 4.01. The molecule has 5 heteroatoms. The van der Waals surface area contributed by atoms with Crippen molar-refractivity contribution in [3.63, 3.8) is 0 Å². The van der Waals surface area contributed by atoms with Gasteiger partial charge in [0.15, 0.2) is 0 Å². The molecule has 4 atom stereocenters. The molecule has 2 bridgehead atoms. The van der Waals surface area contributed by atoms with E-state index in [0.29, 0.717) is 57.2 Å². The summed E-state index contributed by atoms with van der Waals surface area (Å²) in [5.74, 6) is 0.769. The van der Waals surface area contributed by atoms with Gasteiger partial charge in [0.05, 0.1) is 45.7 Å². The highest BCUT2D eigenvalue weighted by atomic mass is 16.6. The first-order valence-corrected chi connectivity index (χ1v) is 11.7. The van der Waals surface area contributed by atoms with E-state index in [-0.39, 0.29) is 0 Å². The molecule has 0 aromatic heterocycles. The van der Waals surface area contributed by atoms with Crippen molar-refractivity contribution in [2.45, 2.75) is 56.6 Å². The van der Waals surface area contributed by atoms with E-state index in [0.717, 1.165) is 5.92 Å². The van der Waals surface area contributed by atoms with Crippen molar-refractivity contribution in [3.05, 3.63) is 34.9 Å². The summed E-state index contributed by atoms with van der Waals surface area (Å²) < 4.78 is 22.4. The van der Waals surface area contributed by atoms with E-state index >= 15 is 0 Å². The standard InChI is InChI=1S/C25H39NO4/c1-19-4-5-20-17-24-22-7-6-21(30-15-14-29-13-12-28-11-10-27-3)18-25(22,23(20)16-19)8-9-26(24)2/h4-5,16,21-22,24H,6-15,17-18H2,1-3H3/t21-,22-,24+,25-/m0/s1. The topological polar surface area (TPSA) is 40.2 Å². The lowest BCUT2D eigenvalue weighted by molar-refractivity contribution is -0.0771. The van der Waals surface area contributed by atoms with Gasteiger partial charge in [-0.15, -0.1) is 0 Å². The molecule has 4 rings (SSSR count). The van der Waals surface area contributed by atoms with Crippen molar-refractivity contribution < 1.29 is 18.9 Å². The van der Waals surface area contributed by atoms with Gasteiger partial charge in [0, 0.05) is 18.6 Å². The first kappa shape index (κ1) is 22.2. The highest BCUT2D eigenvalue weighted by molar-refractivity contribution is 5.43. The Bertz CT molecular complexity index is 696. The molecule has 2 aliphatic carbocycles. The van der Waals surface area contributed by atoms with Crippen molar-refractivity contribution in [1.29, 1.82) is 0 Å². The second kappa shape index (κ2) is 10.1. The molecule has 1 aliphatic heterocycles. The highest BCUT2D eigenvalue weighted by Gasteiger charge is 2.54. The highest BCUT2D eigenvalue weighted by Crippen LogP contribution is 2.56. The van der Waals surface area contributed by atoms with Crippen LogP contribution in [-0.4, -0.2) is 77.4 Å². The zero-order valence-corrected chi connectivity index (χ0v) is 19.0. The van der Waals surface area contributed by atoms with E-state index < -0.39 is 0 Å². The van der Waals surface area contributed by atoms with Gasteiger partial charge in [-0.05, 0) is 69.7 Å². The molecule has 168 valence electrons. The zero-order valence-electron chi connectivity index (χ0n) is 19.0. The Hall–Kier alpha value is -0.980. The van der Waals surface area contributed by atoms with Gasteiger partial charge in [0.2, 0.25) is 0 Å². The van der Waals surface area contributed by atoms with Crippen LogP contribution in [0.3, 0.4) is 0 Å². The number of hydrogen-bond acceptors (Lipinski definition) is 5. The lowest BCUT2D eigenvalue weighted by atomic mass is 9.52. The fourth-order valence-corrected chi connectivity index (χ4v) is 6.18. The molecule has 1 saturated heterocycles. The maximum absolute atomic E-state index is 6.34. The Kier molecular flexibility index (Phi) is 7.48. The van der Waals surface area contributed by atoms with Gasteiger partial charge in [0.1, 0.15) is 0 Å². The van der Waals surface area contributed by atoms with Gasteiger partial charge in [-0.3, -0.25) is 0 Å². The monoisotopic (exact) mass is 417 g/mol. The van der Waals surface area contributed by atoms with Crippen LogP contribution < -0.4 is 0 Å². The summed E-state index contributed by atoms with van der Waals surface area (Å²) in [5.41, 5.74) is 4.90. The maximum Gasteiger partial charge on any atom is 0.0704 e. The number of rotatable bonds is 10. The summed E-state index contributed by atoms with van der Waals surface area (Å²) in [5, 5.41) is 0. The van der Waals surface area contributed by atoms with Crippen LogP contribution >= 0.6 is 0 Å². The molecule has 0 unspecified atom stereocenters. The number of fused-ring (bicyclic) bond motifs is 1. The molecule has 30 heavy (non-hydrogen) atoms. The van der Waals surface area contributed by atoms with E-state index in [9.17, 15) is 0 Å². The average Bonchev–Trinajstić information content (AvgIpc) is 2.75. The number of ether oxygens (including phenoxy) is 4. The molecular weight excluding hydrogens is 378 g/mol. The zero-order chi connectivity index (χ0) is 21.0. The smallest absolute Gasteiger partial charge is 0.0704 e. The van der Waals surface area contributed by atoms with E-state index in [2.05, 4.69) is 37.1 Å². The van der Waals surface area contributed by atoms with Gasteiger partial charge in [-0.25, -0.2) is 0 Å². The molecule has 0 radical (unpaired) electrons. The third kappa shape index (κ3) is 4.61. The second-order valence-corrected chi connectivity index (χ2v) is 9.42. The molecule has 1 aromatic rings. The number of likely N-dealkylation sites (N-methyl/N-ethyl adjacent to an activating group) is 1. The molecule has 2 fully saturated rings. The van der Waals surface area contributed by atoms with E-state index in [1.54, 1.807) is 18.2 Å². The largest absolute Gasteiger partial charge is 0.382 e. The first-order valence-electron chi connectivity index (χ1n) is 11.7. The van der Waals surface area contributed by atoms with E-state index in [1.807, 2.05) is 0 Å². The lowest BCUT2D eigenvalue weighted by Crippen LogP contribution is -2.61. The summed E-state index contributed by atoms with van der Waals surface area (Å²) in [6, 6.07) is 7.86. The number of aryl methyl sites for hydroxylation is 1. The van der Waals surface area contributed by atoms with Crippen LogP contribution in [0.15, 0.2) is 18.2 Å². The van der Waals surface area contributed by atoms with Crippen LogP contribution in [0.25, 0.3) is 0 Å². The van der Waals surface area contributed by atoms with Crippen molar-refractivity contribution in [2.75, 3.05) is 60.3 Å². The fourth-order valence-electron chi connectivity index (χ4n) is 6.18. The fraction of sp³-hybridized carbons (Fsp3) is 0.760. The number of hydrogen-bond donors (Lipinski definition) is 0. The number of likely N-dealkylation sites (tertiary alicyclic amines) is 1. The molecule has 1 heterocycles. The molecule has 5 nitrogen and oxygen atoms in total. The van der Waals surface area contributed by atoms with E-state index in [4.69, 9.17) is 18.9 Å². The summed E-state index contributed by atoms with van der Waals surface area (Å²) >= 11 is 0. The minimum absolute atomic E-state index is 0.301. The molecule has 3 aliphatic rings. The second-order valence-electron chi connectivity index (χ2n) is 9.42. The molecule has 1 aromatic carbocycles. The molecule has 0 spiro atoms. The van der Waals surface area contributed by atoms with Crippen molar-refractivity contribution in [1.82, 2.24) is 4.90 Å². The number of piperidine rings is 1. The Morgan fingerprint density at radius 1 is 1.03 bits per heavy atom. The first-order chi connectivity index (χ1) is 14.6. The van der Waals surface area contributed by atoms with Crippen molar-refractivity contribution >= 4 is 0 Å². The lowest BCUT2D eigenvalue weighted by Gasteiger charge is -2.59. The van der Waals surface area contributed by atoms with Crippen LogP contribution in [0.2, 0.25) is 0 Å². The predicted octanol–water partition coefficient (Wildman–Crippen LogP) is 3.36. The SMILES string of the molecule is COCCOCCOCCO[C@H]1CC[C@H]2[C@H]3Cc4ccc(C)cc4[C@@]2(CCN3C)C1. The Labute approximate surface area is 182 Å². The molecule has 0 amide bonds. The predicted molar refractivity (Wildman–Crippen MR) is 118 cm³/mol. The van der Waals surface area contributed by atoms with Crippen LogP contribution in [0.1, 0.15) is 42.4 Å². The van der Waals surface area contributed by atoms with Gasteiger partial charge < -0.3 is 23.8 Å². The van der Waals surface area contributed by atoms with Crippen molar-refractivity contribution in [3.8, 4) is 0 Å². The average molecular weight is 418 g/mol. The van der Waals surface area contributed by atoms with E-state index in [1.165, 1.54) is 44.2 Å². The minimum atomic E-state index is 0.301.